The summed E-state index contributed by atoms with van der Waals surface area (Å²) in [5, 5.41) is 2.27. The molecule has 0 saturated heterocycles. The largest absolute Gasteiger partial charge is 0.456 e. The van der Waals surface area contributed by atoms with Crippen molar-refractivity contribution in [1.82, 2.24) is 4.98 Å². The Morgan fingerprint density at radius 1 is 0.286 bits per heavy atom. The maximum Gasteiger partial charge on any atom is 0.135 e. The molecule has 49 heavy (non-hydrogen) atoms. The van der Waals surface area contributed by atoms with E-state index in [1.54, 1.807) is 0 Å². The number of benzene rings is 7. The van der Waals surface area contributed by atoms with Gasteiger partial charge in [0.25, 0.3) is 0 Å². The molecule has 0 fully saturated rings. The molecule has 0 radical (unpaired) electrons. The second kappa shape index (κ2) is 12.3. The van der Waals surface area contributed by atoms with Crippen molar-refractivity contribution in [2.45, 2.75) is 0 Å². The Labute approximate surface area is 285 Å². The number of rotatable bonds is 6. The average molecular weight is 626 g/mol. The predicted molar refractivity (Wildman–Crippen MR) is 204 cm³/mol. The molecule has 2 nitrogen and oxygen atoms in total. The Hall–Kier alpha value is -6.51. The highest BCUT2D eigenvalue weighted by Gasteiger charge is 2.14. The zero-order valence-electron chi connectivity index (χ0n) is 26.8. The van der Waals surface area contributed by atoms with Crippen molar-refractivity contribution < 1.29 is 4.42 Å². The third-order valence-corrected chi connectivity index (χ3v) is 9.29. The lowest BCUT2D eigenvalue weighted by Gasteiger charge is -2.15. The van der Waals surface area contributed by atoms with Crippen molar-refractivity contribution in [2.75, 3.05) is 0 Å². The van der Waals surface area contributed by atoms with Crippen LogP contribution in [0.2, 0.25) is 0 Å². The second-order valence-corrected chi connectivity index (χ2v) is 12.4. The number of hydrogen-bond acceptors (Lipinski definition) is 2. The number of pyridine rings is 1. The van der Waals surface area contributed by atoms with Crippen LogP contribution in [-0.2, 0) is 0 Å². The molecule has 2 aromatic heterocycles. The molecule has 9 aromatic rings. The number of hydrogen-bond donors (Lipinski definition) is 0. The van der Waals surface area contributed by atoms with Gasteiger partial charge in [0.1, 0.15) is 11.2 Å². The van der Waals surface area contributed by atoms with E-state index in [1.165, 1.54) is 27.8 Å². The summed E-state index contributed by atoms with van der Waals surface area (Å²) in [4.78, 5) is 5.10. The van der Waals surface area contributed by atoms with Crippen molar-refractivity contribution in [3.05, 3.63) is 188 Å². The Morgan fingerprint density at radius 3 is 1.53 bits per heavy atom. The van der Waals surface area contributed by atoms with Crippen molar-refractivity contribution >= 4 is 21.9 Å². The van der Waals surface area contributed by atoms with E-state index in [-0.39, 0.29) is 0 Å². The molecule has 0 aliphatic rings. The van der Waals surface area contributed by atoms with Crippen LogP contribution in [0, 0.1) is 0 Å². The SMILES string of the molecule is c1ccc(-c2cc(-c3cccc(-c4ccc(-c5ccc6oc7ccccc7c6c5)cc4-c4ccccc4)c3)cc(-c3ccccc3)n2)cc1. The molecule has 0 aliphatic heterocycles. The molecule has 0 bridgehead atoms. The molecular formula is C47H31NO. The van der Waals surface area contributed by atoms with Crippen molar-refractivity contribution in [1.29, 1.82) is 0 Å². The quantitative estimate of drug-likeness (QED) is 0.184. The van der Waals surface area contributed by atoms with E-state index in [2.05, 4.69) is 164 Å². The zero-order chi connectivity index (χ0) is 32.6. The molecule has 0 amide bonds. The number of fused-ring (bicyclic) bond motifs is 3. The summed E-state index contributed by atoms with van der Waals surface area (Å²) < 4.78 is 6.12. The van der Waals surface area contributed by atoms with Gasteiger partial charge in [-0.15, -0.1) is 0 Å². The van der Waals surface area contributed by atoms with E-state index < -0.39 is 0 Å². The van der Waals surface area contributed by atoms with Crippen LogP contribution in [0.4, 0.5) is 0 Å². The summed E-state index contributed by atoms with van der Waals surface area (Å²) in [6.45, 7) is 0. The Morgan fingerprint density at radius 2 is 0.816 bits per heavy atom. The van der Waals surface area contributed by atoms with E-state index in [9.17, 15) is 0 Å². The highest BCUT2D eigenvalue weighted by Crippen LogP contribution is 2.39. The molecule has 0 N–H and O–H groups in total. The molecule has 0 atom stereocenters. The number of aromatic nitrogens is 1. The lowest BCUT2D eigenvalue weighted by molar-refractivity contribution is 0.669. The van der Waals surface area contributed by atoms with Crippen LogP contribution in [0.5, 0.6) is 0 Å². The van der Waals surface area contributed by atoms with Crippen molar-refractivity contribution in [3.63, 3.8) is 0 Å². The van der Waals surface area contributed by atoms with Crippen LogP contribution < -0.4 is 0 Å². The van der Waals surface area contributed by atoms with Gasteiger partial charge in [-0.05, 0) is 87.0 Å². The number of nitrogens with zero attached hydrogens (tertiary/aromatic N) is 1. The summed E-state index contributed by atoms with van der Waals surface area (Å²) >= 11 is 0. The van der Waals surface area contributed by atoms with Crippen LogP contribution in [0.15, 0.2) is 192 Å². The highest BCUT2D eigenvalue weighted by atomic mass is 16.3. The van der Waals surface area contributed by atoms with Crippen LogP contribution in [0.1, 0.15) is 0 Å². The lowest BCUT2D eigenvalue weighted by Crippen LogP contribution is -1.92. The third kappa shape index (κ3) is 5.50. The fourth-order valence-electron chi connectivity index (χ4n) is 6.81. The monoisotopic (exact) mass is 625 g/mol. The van der Waals surface area contributed by atoms with Gasteiger partial charge in [0, 0.05) is 21.9 Å². The van der Waals surface area contributed by atoms with Crippen LogP contribution in [0.25, 0.3) is 89.0 Å². The molecule has 0 unspecified atom stereocenters. The predicted octanol–water partition coefficient (Wildman–Crippen LogP) is 13.0. The van der Waals surface area contributed by atoms with Crippen molar-refractivity contribution in [3.8, 4) is 67.0 Å². The topological polar surface area (TPSA) is 26.0 Å². The molecule has 2 heterocycles. The highest BCUT2D eigenvalue weighted by molar-refractivity contribution is 6.06. The maximum atomic E-state index is 6.12. The number of furan rings is 1. The summed E-state index contributed by atoms with van der Waals surface area (Å²) in [5.41, 5.74) is 15.3. The van der Waals surface area contributed by atoms with Crippen LogP contribution in [0.3, 0.4) is 0 Å². The number of para-hydroxylation sites is 1. The van der Waals surface area contributed by atoms with Gasteiger partial charge in [0.2, 0.25) is 0 Å². The van der Waals surface area contributed by atoms with E-state index in [0.717, 1.165) is 61.1 Å². The maximum absolute atomic E-state index is 6.12. The van der Waals surface area contributed by atoms with Crippen molar-refractivity contribution in [2.24, 2.45) is 0 Å². The zero-order valence-corrected chi connectivity index (χ0v) is 26.8. The first-order valence-electron chi connectivity index (χ1n) is 16.6. The standard InChI is InChI=1S/C47H31NO/c1-4-13-32(14-5-1)42-28-36(37-24-26-47-43(29-37)41-21-10-11-22-46(41)49-47)23-25-40(42)38-20-12-19-35(27-38)39-30-44(33-15-6-2-7-16-33)48-45(31-39)34-17-8-3-9-18-34/h1-31H. The minimum atomic E-state index is 0.906. The normalized spacial score (nSPS) is 11.3. The summed E-state index contributed by atoms with van der Waals surface area (Å²) in [6, 6.07) is 66.4. The Bertz CT molecular complexity index is 2530. The van der Waals surface area contributed by atoms with Gasteiger partial charge in [-0.3, -0.25) is 0 Å². The lowest BCUT2D eigenvalue weighted by atomic mass is 9.89. The van der Waals surface area contributed by atoms with Gasteiger partial charge in [-0.1, -0.05) is 146 Å². The average Bonchev–Trinajstić information content (AvgIpc) is 3.57. The Balaban J connectivity index is 1.17. The fourth-order valence-corrected chi connectivity index (χ4v) is 6.81. The van der Waals surface area contributed by atoms with Gasteiger partial charge < -0.3 is 4.42 Å². The summed E-state index contributed by atoms with van der Waals surface area (Å²) in [7, 11) is 0. The van der Waals surface area contributed by atoms with Gasteiger partial charge in [-0.25, -0.2) is 4.98 Å². The van der Waals surface area contributed by atoms with Crippen LogP contribution >= 0.6 is 0 Å². The second-order valence-electron chi connectivity index (χ2n) is 12.4. The fraction of sp³-hybridized carbons (Fsp3) is 0. The molecule has 9 rings (SSSR count). The first-order valence-corrected chi connectivity index (χ1v) is 16.6. The molecule has 7 aromatic carbocycles. The van der Waals surface area contributed by atoms with E-state index in [0.29, 0.717) is 0 Å². The summed E-state index contributed by atoms with van der Waals surface area (Å²) in [5.74, 6) is 0. The van der Waals surface area contributed by atoms with E-state index in [4.69, 9.17) is 9.40 Å². The van der Waals surface area contributed by atoms with E-state index in [1.807, 2.05) is 24.3 Å². The van der Waals surface area contributed by atoms with Gasteiger partial charge in [0.05, 0.1) is 11.4 Å². The summed E-state index contributed by atoms with van der Waals surface area (Å²) in [6.07, 6.45) is 0. The molecule has 2 heteroatoms. The smallest absolute Gasteiger partial charge is 0.135 e. The first kappa shape index (κ1) is 28.7. The first-order chi connectivity index (χ1) is 24.3. The van der Waals surface area contributed by atoms with E-state index >= 15 is 0 Å². The van der Waals surface area contributed by atoms with Gasteiger partial charge in [0.15, 0.2) is 0 Å². The van der Waals surface area contributed by atoms with Crippen LogP contribution in [-0.4, -0.2) is 4.98 Å². The molecular weight excluding hydrogens is 595 g/mol. The molecule has 0 aliphatic carbocycles. The van der Waals surface area contributed by atoms with Gasteiger partial charge in [-0.2, -0.15) is 0 Å². The molecule has 0 spiro atoms. The molecule has 230 valence electrons. The molecule has 0 saturated carbocycles. The Kier molecular flexibility index (Phi) is 7.18. The minimum Gasteiger partial charge on any atom is -0.456 e. The minimum absolute atomic E-state index is 0.906. The van der Waals surface area contributed by atoms with Gasteiger partial charge >= 0.3 is 0 Å². The third-order valence-electron chi connectivity index (χ3n) is 9.29.